The SMILES string of the molecule is CC(C)(C)OC(=O)C[C@H](NC(=O)[C@H](Cc1ccccc1)NC(=O)[C@H](Cc1ccccc1)NC(=O)C[C@@H]1CCCN1C(=O)OCc1ccccc1)C(N)=O. The number of hydrogen-bond acceptors (Lipinski definition) is 8. The smallest absolute Gasteiger partial charge is 0.410 e. The highest BCUT2D eigenvalue weighted by atomic mass is 16.6. The molecule has 0 aliphatic carbocycles. The van der Waals surface area contributed by atoms with Crippen LogP contribution in [0.4, 0.5) is 4.79 Å². The Bertz CT molecular complexity index is 1700. The van der Waals surface area contributed by atoms with Crippen molar-refractivity contribution < 1.29 is 38.2 Å². The zero-order valence-electron chi connectivity index (χ0n) is 30.4. The molecule has 0 radical (unpaired) electrons. The molecule has 3 aromatic rings. The predicted octanol–water partition coefficient (Wildman–Crippen LogP) is 3.33. The normalized spacial score (nSPS) is 15.7. The average Bonchev–Trinajstić information content (AvgIpc) is 3.58. The minimum Gasteiger partial charge on any atom is -0.460 e. The van der Waals surface area contributed by atoms with E-state index in [4.69, 9.17) is 15.2 Å². The van der Waals surface area contributed by atoms with Crippen LogP contribution in [0.2, 0.25) is 0 Å². The molecule has 4 rings (SSSR count). The molecule has 4 atom stereocenters. The van der Waals surface area contributed by atoms with Crippen molar-refractivity contribution in [2.24, 2.45) is 5.73 Å². The number of nitrogens with two attached hydrogens (primary N) is 1. The number of carbonyl (C=O) groups excluding carboxylic acids is 6. The van der Waals surface area contributed by atoms with Gasteiger partial charge in [0.25, 0.3) is 0 Å². The molecule has 1 aliphatic heterocycles. The topological polar surface area (TPSA) is 186 Å². The van der Waals surface area contributed by atoms with Gasteiger partial charge in [0.1, 0.15) is 30.3 Å². The average molecular weight is 728 g/mol. The van der Waals surface area contributed by atoms with E-state index in [0.717, 1.165) is 11.1 Å². The van der Waals surface area contributed by atoms with Gasteiger partial charge in [-0.3, -0.25) is 24.0 Å². The molecule has 1 fully saturated rings. The number of amides is 5. The first-order valence-corrected chi connectivity index (χ1v) is 17.7. The maximum Gasteiger partial charge on any atom is 0.410 e. The summed E-state index contributed by atoms with van der Waals surface area (Å²) in [5, 5.41) is 8.10. The van der Waals surface area contributed by atoms with Crippen LogP contribution in [-0.4, -0.2) is 76.9 Å². The fourth-order valence-corrected chi connectivity index (χ4v) is 5.99. The molecular formula is C40H49N5O8. The van der Waals surface area contributed by atoms with Crippen LogP contribution in [0.1, 0.15) is 63.1 Å². The Balaban J connectivity index is 1.48. The summed E-state index contributed by atoms with van der Waals surface area (Å²) in [6.07, 6.45) is 0.347. The van der Waals surface area contributed by atoms with Gasteiger partial charge in [0.2, 0.25) is 23.6 Å². The molecule has 13 nitrogen and oxygen atoms in total. The van der Waals surface area contributed by atoms with Crippen LogP contribution in [0, 0.1) is 0 Å². The van der Waals surface area contributed by atoms with Gasteiger partial charge in [-0.05, 0) is 50.3 Å². The summed E-state index contributed by atoms with van der Waals surface area (Å²) < 4.78 is 10.8. The van der Waals surface area contributed by atoms with Crippen LogP contribution in [0.5, 0.6) is 0 Å². The Morgan fingerprint density at radius 3 is 1.74 bits per heavy atom. The number of carbonyl (C=O) groups is 6. The largest absolute Gasteiger partial charge is 0.460 e. The van der Waals surface area contributed by atoms with E-state index >= 15 is 0 Å². The van der Waals surface area contributed by atoms with Crippen LogP contribution >= 0.6 is 0 Å². The molecule has 1 aliphatic rings. The van der Waals surface area contributed by atoms with Gasteiger partial charge in [-0.2, -0.15) is 0 Å². The third-order valence-corrected chi connectivity index (χ3v) is 8.54. The number of hydrogen-bond donors (Lipinski definition) is 4. The van der Waals surface area contributed by atoms with Crippen molar-refractivity contribution in [2.45, 2.75) is 95.7 Å². The molecule has 0 saturated carbocycles. The minimum atomic E-state index is -1.40. The summed E-state index contributed by atoms with van der Waals surface area (Å²) >= 11 is 0. The van der Waals surface area contributed by atoms with Gasteiger partial charge in [-0.1, -0.05) is 91.0 Å². The van der Waals surface area contributed by atoms with Crippen LogP contribution in [0.15, 0.2) is 91.0 Å². The second-order valence-corrected chi connectivity index (χ2v) is 14.0. The quantitative estimate of drug-likeness (QED) is 0.162. The minimum absolute atomic E-state index is 0.0322. The van der Waals surface area contributed by atoms with Crippen molar-refractivity contribution in [2.75, 3.05) is 6.54 Å². The van der Waals surface area contributed by atoms with Crippen LogP contribution in [0.3, 0.4) is 0 Å². The first-order chi connectivity index (χ1) is 25.3. The van der Waals surface area contributed by atoms with Crippen molar-refractivity contribution in [1.82, 2.24) is 20.9 Å². The second-order valence-electron chi connectivity index (χ2n) is 14.0. The maximum absolute atomic E-state index is 14.0. The van der Waals surface area contributed by atoms with E-state index < -0.39 is 71.9 Å². The number of nitrogens with one attached hydrogen (secondary N) is 3. The lowest BCUT2D eigenvalue weighted by Crippen LogP contribution is -2.58. The Morgan fingerprint density at radius 2 is 1.23 bits per heavy atom. The Hall–Kier alpha value is -5.72. The summed E-state index contributed by atoms with van der Waals surface area (Å²) in [5.41, 5.74) is 7.04. The first kappa shape index (κ1) is 40.1. The molecule has 3 aromatic carbocycles. The summed E-state index contributed by atoms with van der Waals surface area (Å²) in [6, 6.07) is 23.1. The molecule has 1 heterocycles. The summed E-state index contributed by atoms with van der Waals surface area (Å²) in [6.45, 7) is 5.56. The summed E-state index contributed by atoms with van der Waals surface area (Å²) in [5.74, 6) is -3.54. The molecule has 53 heavy (non-hydrogen) atoms. The highest BCUT2D eigenvalue weighted by molar-refractivity contribution is 5.95. The molecule has 5 amide bonds. The van der Waals surface area contributed by atoms with Gasteiger partial charge in [0.05, 0.1) is 6.42 Å². The van der Waals surface area contributed by atoms with E-state index in [0.29, 0.717) is 24.9 Å². The van der Waals surface area contributed by atoms with Crippen molar-refractivity contribution in [1.29, 1.82) is 0 Å². The molecule has 1 saturated heterocycles. The monoisotopic (exact) mass is 727 g/mol. The Morgan fingerprint density at radius 1 is 0.736 bits per heavy atom. The second kappa shape index (κ2) is 19.2. The van der Waals surface area contributed by atoms with Crippen LogP contribution in [0.25, 0.3) is 0 Å². The molecule has 13 heteroatoms. The van der Waals surface area contributed by atoms with Gasteiger partial charge in [-0.25, -0.2) is 4.79 Å². The highest BCUT2D eigenvalue weighted by Crippen LogP contribution is 2.22. The van der Waals surface area contributed by atoms with Crippen molar-refractivity contribution in [3.05, 3.63) is 108 Å². The summed E-state index contributed by atoms with van der Waals surface area (Å²) in [4.78, 5) is 80.6. The third-order valence-electron chi connectivity index (χ3n) is 8.54. The summed E-state index contributed by atoms with van der Waals surface area (Å²) in [7, 11) is 0. The van der Waals surface area contributed by atoms with Crippen LogP contribution in [-0.2, 0) is 52.9 Å². The lowest BCUT2D eigenvalue weighted by atomic mass is 10.0. The van der Waals surface area contributed by atoms with Gasteiger partial charge in [0, 0.05) is 31.8 Å². The third kappa shape index (κ3) is 13.4. The number of esters is 1. The molecule has 282 valence electrons. The van der Waals surface area contributed by atoms with E-state index in [1.807, 2.05) is 60.7 Å². The van der Waals surface area contributed by atoms with Crippen molar-refractivity contribution in [3.8, 4) is 0 Å². The zero-order valence-corrected chi connectivity index (χ0v) is 30.4. The van der Waals surface area contributed by atoms with Crippen molar-refractivity contribution in [3.63, 3.8) is 0 Å². The lowest BCUT2D eigenvalue weighted by molar-refractivity contribution is -0.156. The van der Waals surface area contributed by atoms with Gasteiger partial charge in [-0.15, -0.1) is 0 Å². The first-order valence-electron chi connectivity index (χ1n) is 17.7. The molecule has 0 unspecified atom stereocenters. The number of primary amides is 1. The van der Waals surface area contributed by atoms with E-state index in [1.54, 1.807) is 56.0 Å². The number of ether oxygens (including phenoxy) is 2. The van der Waals surface area contributed by atoms with Gasteiger partial charge < -0.3 is 36.1 Å². The molecular weight excluding hydrogens is 678 g/mol. The number of likely N-dealkylation sites (tertiary alicyclic amines) is 1. The molecule has 0 aromatic heterocycles. The number of nitrogens with zero attached hydrogens (tertiary/aromatic N) is 1. The predicted molar refractivity (Wildman–Crippen MR) is 197 cm³/mol. The van der Waals surface area contributed by atoms with E-state index in [-0.39, 0.29) is 25.9 Å². The van der Waals surface area contributed by atoms with Crippen molar-refractivity contribution >= 4 is 35.7 Å². The number of rotatable bonds is 16. The van der Waals surface area contributed by atoms with Gasteiger partial charge in [0.15, 0.2) is 0 Å². The van der Waals surface area contributed by atoms with Crippen LogP contribution < -0.4 is 21.7 Å². The Labute approximate surface area is 310 Å². The molecule has 0 bridgehead atoms. The highest BCUT2D eigenvalue weighted by Gasteiger charge is 2.34. The van der Waals surface area contributed by atoms with E-state index in [9.17, 15) is 28.8 Å². The lowest BCUT2D eigenvalue weighted by Gasteiger charge is -2.27. The number of benzene rings is 3. The molecule has 0 spiro atoms. The Kier molecular flexibility index (Phi) is 14.5. The fourth-order valence-electron chi connectivity index (χ4n) is 5.99. The molecule has 5 N–H and O–H groups in total. The van der Waals surface area contributed by atoms with E-state index in [2.05, 4.69) is 16.0 Å². The standard InChI is InChI=1S/C40H49N5O8/c1-40(2,3)53-35(47)25-31(36(41)48)43-38(50)33(23-28-16-9-5-10-17-28)44-37(49)32(22-27-14-7-4-8-15-27)42-34(46)24-30-20-13-21-45(30)39(51)52-26-29-18-11-6-12-19-29/h4-12,14-19,30-33H,13,20-26H2,1-3H3,(H2,41,48)(H,42,46)(H,43,50)(H,44,49)/t30-,31-,32-,33-/m0/s1. The maximum atomic E-state index is 14.0. The zero-order chi connectivity index (χ0) is 38.4. The fraction of sp³-hybridized carbons (Fsp3) is 0.400. The van der Waals surface area contributed by atoms with E-state index in [1.165, 1.54) is 0 Å². The van der Waals surface area contributed by atoms with Gasteiger partial charge >= 0.3 is 12.1 Å².